The Bertz CT molecular complexity index is 1060. The van der Waals surface area contributed by atoms with Gasteiger partial charge < -0.3 is 20.1 Å². The summed E-state index contributed by atoms with van der Waals surface area (Å²) in [5, 5.41) is 30.6. The zero-order chi connectivity index (χ0) is 22.9. The van der Waals surface area contributed by atoms with Gasteiger partial charge >= 0.3 is 0 Å². The number of aryl methyl sites for hydroxylation is 1. The molecule has 1 aliphatic heterocycles. The highest BCUT2D eigenvalue weighted by Gasteiger charge is 2.34. The van der Waals surface area contributed by atoms with Crippen molar-refractivity contribution in [3.63, 3.8) is 0 Å². The topological polar surface area (TPSA) is 87.0 Å². The minimum atomic E-state index is -0.707. The molecule has 5 nitrogen and oxygen atoms in total. The molecular formula is C26H30O5. The number of benzene rings is 2. The summed E-state index contributed by atoms with van der Waals surface area (Å²) >= 11 is 0. The van der Waals surface area contributed by atoms with E-state index in [-0.39, 0.29) is 35.4 Å². The minimum absolute atomic E-state index is 0.0675. The van der Waals surface area contributed by atoms with Gasteiger partial charge in [0.1, 0.15) is 29.1 Å². The van der Waals surface area contributed by atoms with E-state index >= 15 is 0 Å². The molecule has 164 valence electrons. The lowest BCUT2D eigenvalue weighted by atomic mass is 9.85. The monoisotopic (exact) mass is 422 g/mol. The molecule has 0 aromatic heterocycles. The Morgan fingerprint density at radius 2 is 1.90 bits per heavy atom. The summed E-state index contributed by atoms with van der Waals surface area (Å²) in [5.74, 6) is 0.227. The fraction of sp³-hybridized carbons (Fsp3) is 0.346. The molecule has 0 saturated carbocycles. The average molecular weight is 423 g/mol. The Balaban J connectivity index is 2.06. The maximum absolute atomic E-state index is 13.0. The Kier molecular flexibility index (Phi) is 6.44. The fourth-order valence-electron chi connectivity index (χ4n) is 4.00. The third-order valence-electron chi connectivity index (χ3n) is 5.79. The van der Waals surface area contributed by atoms with Crippen molar-refractivity contribution in [2.45, 2.75) is 53.1 Å². The highest BCUT2D eigenvalue weighted by Crippen LogP contribution is 2.45. The van der Waals surface area contributed by atoms with Gasteiger partial charge in [0.2, 0.25) is 0 Å². The first-order valence-corrected chi connectivity index (χ1v) is 10.4. The van der Waals surface area contributed by atoms with Gasteiger partial charge in [0, 0.05) is 17.2 Å². The Hall–Kier alpha value is -3.21. The van der Waals surface area contributed by atoms with Gasteiger partial charge in [0.25, 0.3) is 0 Å². The predicted molar refractivity (Wildman–Crippen MR) is 121 cm³/mol. The van der Waals surface area contributed by atoms with Crippen LogP contribution in [0, 0.1) is 12.8 Å². The van der Waals surface area contributed by atoms with Gasteiger partial charge in [-0.05, 0) is 70.2 Å². The molecule has 31 heavy (non-hydrogen) atoms. The molecule has 5 heteroatoms. The number of ketones is 1. The van der Waals surface area contributed by atoms with Crippen molar-refractivity contribution in [3.05, 3.63) is 70.3 Å². The van der Waals surface area contributed by atoms with Crippen molar-refractivity contribution in [1.82, 2.24) is 0 Å². The molecule has 3 rings (SSSR count). The molecule has 2 aromatic rings. The van der Waals surface area contributed by atoms with Crippen LogP contribution in [0.3, 0.4) is 0 Å². The maximum atomic E-state index is 13.0. The van der Waals surface area contributed by atoms with E-state index in [4.69, 9.17) is 4.74 Å². The first kappa shape index (κ1) is 22.5. The van der Waals surface area contributed by atoms with Crippen LogP contribution in [0.5, 0.6) is 23.0 Å². The summed E-state index contributed by atoms with van der Waals surface area (Å²) in [5.41, 5.74) is 4.32. The van der Waals surface area contributed by atoms with Gasteiger partial charge in [-0.15, -0.1) is 0 Å². The highest BCUT2D eigenvalue weighted by atomic mass is 16.5. The quantitative estimate of drug-likeness (QED) is 0.504. The van der Waals surface area contributed by atoms with Crippen molar-refractivity contribution in [2.24, 2.45) is 5.92 Å². The zero-order valence-electron chi connectivity index (χ0n) is 18.5. The summed E-state index contributed by atoms with van der Waals surface area (Å²) in [7, 11) is 0. The number of hydrogen-bond acceptors (Lipinski definition) is 5. The molecule has 0 spiro atoms. The molecule has 1 heterocycles. The van der Waals surface area contributed by atoms with Crippen LogP contribution in [0.15, 0.2) is 48.1 Å². The molecule has 0 aliphatic carbocycles. The lowest BCUT2D eigenvalue weighted by Gasteiger charge is -2.30. The number of Topliss-reactive ketones (excluding diaryl/α,β-unsaturated/α-hetero) is 1. The van der Waals surface area contributed by atoms with E-state index in [0.717, 1.165) is 12.0 Å². The number of allylic oxidation sites excluding steroid dienone is 3. The smallest absolute Gasteiger partial charge is 0.170 e. The van der Waals surface area contributed by atoms with Crippen molar-refractivity contribution in [1.29, 1.82) is 0 Å². The number of rotatable bonds is 6. The number of phenols is 3. The summed E-state index contributed by atoms with van der Waals surface area (Å²) < 4.78 is 6.24. The van der Waals surface area contributed by atoms with Crippen LogP contribution in [-0.2, 0) is 6.42 Å². The number of hydrogen-bond donors (Lipinski definition) is 3. The van der Waals surface area contributed by atoms with Crippen molar-refractivity contribution in [2.75, 3.05) is 0 Å². The molecule has 2 unspecified atom stereocenters. The summed E-state index contributed by atoms with van der Waals surface area (Å²) in [6.45, 7) is 11.9. The number of ether oxygens (including phenoxy) is 1. The van der Waals surface area contributed by atoms with E-state index in [1.807, 2.05) is 20.8 Å². The van der Waals surface area contributed by atoms with Gasteiger partial charge in [-0.3, -0.25) is 4.79 Å². The van der Waals surface area contributed by atoms with E-state index in [1.165, 1.54) is 17.7 Å². The Labute approximate surface area is 183 Å². The van der Waals surface area contributed by atoms with E-state index in [1.54, 1.807) is 19.1 Å². The third-order valence-corrected chi connectivity index (χ3v) is 5.79. The molecular weight excluding hydrogens is 392 g/mol. The van der Waals surface area contributed by atoms with E-state index in [9.17, 15) is 20.1 Å². The first-order valence-electron chi connectivity index (χ1n) is 10.4. The van der Waals surface area contributed by atoms with Crippen LogP contribution < -0.4 is 4.74 Å². The van der Waals surface area contributed by atoms with Crippen LogP contribution in [0.1, 0.15) is 66.8 Å². The highest BCUT2D eigenvalue weighted by molar-refractivity contribution is 6.02. The number of carbonyl (C=O) groups excluding carboxylic acids is 1. The average Bonchev–Trinajstić information content (AvgIpc) is 2.66. The number of carbonyl (C=O) groups is 1. The lowest BCUT2D eigenvalue weighted by molar-refractivity contribution is 0.0842. The van der Waals surface area contributed by atoms with Crippen LogP contribution in [0.25, 0.3) is 0 Å². The van der Waals surface area contributed by atoms with Gasteiger partial charge in [-0.25, -0.2) is 0 Å². The molecule has 0 radical (unpaired) electrons. The molecule has 1 aliphatic rings. The summed E-state index contributed by atoms with van der Waals surface area (Å²) in [4.78, 5) is 13.0. The summed E-state index contributed by atoms with van der Waals surface area (Å²) in [6.07, 6.45) is 2.75. The fourth-order valence-corrected chi connectivity index (χ4v) is 4.00. The number of fused-ring (bicyclic) bond motifs is 1. The first-order chi connectivity index (χ1) is 14.6. The van der Waals surface area contributed by atoms with E-state index < -0.39 is 6.10 Å². The summed E-state index contributed by atoms with van der Waals surface area (Å²) in [6, 6.07) is 5.84. The van der Waals surface area contributed by atoms with Gasteiger partial charge in [0.15, 0.2) is 5.78 Å². The molecule has 0 fully saturated rings. The van der Waals surface area contributed by atoms with Crippen LogP contribution >= 0.6 is 0 Å². The van der Waals surface area contributed by atoms with E-state index in [0.29, 0.717) is 34.4 Å². The Morgan fingerprint density at radius 3 is 2.52 bits per heavy atom. The second-order valence-electron chi connectivity index (χ2n) is 8.64. The van der Waals surface area contributed by atoms with Crippen molar-refractivity contribution < 1.29 is 24.9 Å². The van der Waals surface area contributed by atoms with Crippen LogP contribution in [0.2, 0.25) is 0 Å². The maximum Gasteiger partial charge on any atom is 0.170 e. The Morgan fingerprint density at radius 1 is 1.19 bits per heavy atom. The molecule has 2 aromatic carbocycles. The van der Waals surface area contributed by atoms with Gasteiger partial charge in [0.05, 0.1) is 12.0 Å². The number of phenolic OH excluding ortho intramolecular Hbond substituents is 3. The third kappa shape index (κ3) is 4.76. The second kappa shape index (κ2) is 8.88. The van der Waals surface area contributed by atoms with E-state index in [2.05, 4.69) is 12.7 Å². The van der Waals surface area contributed by atoms with Crippen LogP contribution in [0.4, 0.5) is 0 Å². The van der Waals surface area contributed by atoms with Crippen molar-refractivity contribution >= 4 is 5.78 Å². The molecule has 0 amide bonds. The standard InChI is InChI=1S/C26H30O5/c1-14(2)6-7-17(15(3)4)11-20-21(28)10-16(5)25-23(30)13-24(31-26(20)25)19-9-8-18(27)12-22(19)29/h6,8-10,12,17,24,27-29H,3,7,11,13H2,1-2,4-5H3. The largest absolute Gasteiger partial charge is 0.508 e. The second-order valence-corrected chi connectivity index (χ2v) is 8.64. The van der Waals surface area contributed by atoms with Gasteiger partial charge in [-0.1, -0.05) is 23.8 Å². The number of aromatic hydroxyl groups is 3. The SMILES string of the molecule is C=C(C)C(CC=C(C)C)Cc1c(O)cc(C)c2c1OC(c1ccc(O)cc1O)CC2=O. The van der Waals surface area contributed by atoms with Gasteiger partial charge in [-0.2, -0.15) is 0 Å². The minimum Gasteiger partial charge on any atom is -0.508 e. The molecule has 0 saturated heterocycles. The van der Waals surface area contributed by atoms with Crippen LogP contribution in [-0.4, -0.2) is 21.1 Å². The molecule has 0 bridgehead atoms. The zero-order valence-corrected chi connectivity index (χ0v) is 18.5. The normalized spacial score (nSPS) is 16.3. The lowest BCUT2D eigenvalue weighted by Crippen LogP contribution is -2.23. The molecule has 3 N–H and O–H groups in total. The predicted octanol–water partition coefficient (Wildman–Crippen LogP) is 5.91. The van der Waals surface area contributed by atoms with Crippen molar-refractivity contribution in [3.8, 4) is 23.0 Å². The molecule has 2 atom stereocenters.